The minimum atomic E-state index is -0.986. The molecular formula is C6H13NO2. The molecule has 0 radical (unpaired) electrons. The van der Waals surface area contributed by atoms with Gasteiger partial charge in [0.15, 0.2) is 0 Å². The molecule has 0 spiro atoms. The van der Waals surface area contributed by atoms with Crippen molar-refractivity contribution in [2.45, 2.75) is 37.5 Å². The third-order valence-electron chi connectivity index (χ3n) is 2.22. The zero-order valence-electron chi connectivity index (χ0n) is 5.54. The van der Waals surface area contributed by atoms with Gasteiger partial charge in [0.25, 0.3) is 0 Å². The van der Waals surface area contributed by atoms with Crippen molar-refractivity contribution in [1.82, 2.24) is 0 Å². The van der Waals surface area contributed by atoms with Gasteiger partial charge in [-0.1, -0.05) is 0 Å². The molecule has 0 aromatic rings. The van der Waals surface area contributed by atoms with Crippen LogP contribution in [0.1, 0.15) is 19.8 Å². The summed E-state index contributed by atoms with van der Waals surface area (Å²) in [6.45, 7) is 1.57. The summed E-state index contributed by atoms with van der Waals surface area (Å²) < 4.78 is 0. The number of aliphatic hydroxyl groups excluding tert-OH is 1. The SMILES string of the molecule is CC(O)C1(O)CCC1N. The van der Waals surface area contributed by atoms with Crippen LogP contribution in [0.2, 0.25) is 0 Å². The number of hydrogen-bond donors (Lipinski definition) is 3. The van der Waals surface area contributed by atoms with Crippen LogP contribution in [0.5, 0.6) is 0 Å². The average Bonchev–Trinajstić information content (AvgIpc) is 1.82. The molecular weight excluding hydrogens is 118 g/mol. The number of aliphatic hydroxyl groups is 2. The molecule has 1 aliphatic rings. The molecule has 3 heteroatoms. The average molecular weight is 131 g/mol. The topological polar surface area (TPSA) is 66.5 Å². The molecule has 0 saturated heterocycles. The lowest BCUT2D eigenvalue weighted by Crippen LogP contribution is -2.62. The smallest absolute Gasteiger partial charge is 0.105 e. The van der Waals surface area contributed by atoms with Crippen molar-refractivity contribution in [3.63, 3.8) is 0 Å². The molecule has 3 nitrogen and oxygen atoms in total. The predicted octanol–water partition coefficient (Wildman–Crippen LogP) is -0.781. The van der Waals surface area contributed by atoms with E-state index in [-0.39, 0.29) is 6.04 Å². The van der Waals surface area contributed by atoms with Crippen molar-refractivity contribution in [3.05, 3.63) is 0 Å². The predicted molar refractivity (Wildman–Crippen MR) is 33.8 cm³/mol. The highest BCUT2D eigenvalue weighted by Gasteiger charge is 2.46. The Hall–Kier alpha value is -0.120. The molecule has 0 aromatic heterocycles. The third-order valence-corrected chi connectivity index (χ3v) is 2.22. The van der Waals surface area contributed by atoms with Gasteiger partial charge in [-0.15, -0.1) is 0 Å². The number of nitrogens with two attached hydrogens (primary N) is 1. The second kappa shape index (κ2) is 1.94. The normalized spacial score (nSPS) is 46.0. The fraction of sp³-hybridized carbons (Fsp3) is 1.00. The van der Waals surface area contributed by atoms with Crippen LogP contribution in [0, 0.1) is 0 Å². The summed E-state index contributed by atoms with van der Waals surface area (Å²) in [6, 6.07) is -0.225. The van der Waals surface area contributed by atoms with Gasteiger partial charge in [0, 0.05) is 6.04 Å². The monoisotopic (exact) mass is 131 g/mol. The van der Waals surface area contributed by atoms with Crippen LogP contribution >= 0.6 is 0 Å². The maximum absolute atomic E-state index is 9.38. The van der Waals surface area contributed by atoms with Crippen LogP contribution in [0.4, 0.5) is 0 Å². The Morgan fingerprint density at radius 2 is 2.33 bits per heavy atom. The maximum atomic E-state index is 9.38. The lowest BCUT2D eigenvalue weighted by molar-refractivity contribution is -0.132. The Bertz CT molecular complexity index is 109. The summed E-state index contributed by atoms with van der Waals surface area (Å²) >= 11 is 0. The van der Waals surface area contributed by atoms with E-state index in [1.807, 2.05) is 0 Å². The van der Waals surface area contributed by atoms with Crippen LogP contribution in [0.25, 0.3) is 0 Å². The summed E-state index contributed by atoms with van der Waals surface area (Å²) in [6.07, 6.45) is 0.758. The summed E-state index contributed by atoms with van der Waals surface area (Å²) in [5, 5.41) is 18.4. The maximum Gasteiger partial charge on any atom is 0.105 e. The van der Waals surface area contributed by atoms with E-state index in [9.17, 15) is 5.11 Å². The lowest BCUT2D eigenvalue weighted by Gasteiger charge is -2.45. The first-order valence-electron chi connectivity index (χ1n) is 3.23. The Balaban J connectivity index is 2.53. The highest BCUT2D eigenvalue weighted by molar-refractivity contribution is 5.02. The molecule has 1 aliphatic carbocycles. The van der Waals surface area contributed by atoms with Crippen LogP contribution in [-0.4, -0.2) is 28.0 Å². The first-order chi connectivity index (χ1) is 4.07. The summed E-state index contributed by atoms with van der Waals surface area (Å²) in [5.74, 6) is 0. The van der Waals surface area contributed by atoms with Crippen LogP contribution in [-0.2, 0) is 0 Å². The van der Waals surface area contributed by atoms with Crippen molar-refractivity contribution in [3.8, 4) is 0 Å². The van der Waals surface area contributed by atoms with Gasteiger partial charge in [-0.2, -0.15) is 0 Å². The van der Waals surface area contributed by atoms with E-state index < -0.39 is 11.7 Å². The molecule has 9 heavy (non-hydrogen) atoms. The molecule has 4 N–H and O–H groups in total. The van der Waals surface area contributed by atoms with Gasteiger partial charge in [-0.05, 0) is 19.8 Å². The Morgan fingerprint density at radius 3 is 2.33 bits per heavy atom. The lowest BCUT2D eigenvalue weighted by atomic mass is 9.72. The molecule has 0 aliphatic heterocycles. The number of hydrogen-bond acceptors (Lipinski definition) is 3. The number of rotatable bonds is 1. The quantitative estimate of drug-likeness (QED) is 0.437. The van der Waals surface area contributed by atoms with Gasteiger partial charge in [0.05, 0.1) is 6.10 Å². The summed E-state index contributed by atoms with van der Waals surface area (Å²) in [4.78, 5) is 0. The minimum Gasteiger partial charge on any atom is -0.390 e. The molecule has 0 aromatic carbocycles. The van der Waals surface area contributed by atoms with Crippen LogP contribution < -0.4 is 5.73 Å². The molecule has 0 amide bonds. The summed E-state index contributed by atoms with van der Waals surface area (Å²) in [7, 11) is 0. The van der Waals surface area contributed by atoms with Crippen molar-refractivity contribution >= 4 is 0 Å². The highest BCUT2D eigenvalue weighted by atomic mass is 16.3. The van der Waals surface area contributed by atoms with E-state index in [0.717, 1.165) is 6.42 Å². The Labute approximate surface area is 54.5 Å². The highest BCUT2D eigenvalue weighted by Crippen LogP contribution is 2.33. The Morgan fingerprint density at radius 1 is 1.78 bits per heavy atom. The van der Waals surface area contributed by atoms with Gasteiger partial charge in [0.2, 0.25) is 0 Å². The van der Waals surface area contributed by atoms with E-state index in [1.54, 1.807) is 6.92 Å². The van der Waals surface area contributed by atoms with E-state index in [4.69, 9.17) is 10.8 Å². The fourth-order valence-electron chi connectivity index (χ4n) is 1.13. The molecule has 1 rings (SSSR count). The summed E-state index contributed by atoms with van der Waals surface area (Å²) in [5.41, 5.74) is 4.46. The molecule has 3 unspecified atom stereocenters. The fourth-order valence-corrected chi connectivity index (χ4v) is 1.13. The minimum absolute atomic E-state index is 0.225. The second-order valence-corrected chi connectivity index (χ2v) is 2.81. The molecule has 1 fully saturated rings. The van der Waals surface area contributed by atoms with Gasteiger partial charge < -0.3 is 15.9 Å². The van der Waals surface area contributed by atoms with Crippen molar-refractivity contribution < 1.29 is 10.2 Å². The van der Waals surface area contributed by atoms with Gasteiger partial charge >= 0.3 is 0 Å². The van der Waals surface area contributed by atoms with Crippen molar-refractivity contribution in [2.75, 3.05) is 0 Å². The van der Waals surface area contributed by atoms with Crippen molar-refractivity contribution in [1.29, 1.82) is 0 Å². The van der Waals surface area contributed by atoms with Gasteiger partial charge in [-0.3, -0.25) is 0 Å². The molecule has 0 bridgehead atoms. The standard InChI is InChI=1S/C6H13NO2/c1-4(8)6(9)3-2-5(6)7/h4-5,8-9H,2-3,7H2,1H3. The van der Waals surface area contributed by atoms with Crippen LogP contribution in [0.3, 0.4) is 0 Å². The Kier molecular flexibility index (Phi) is 1.50. The van der Waals surface area contributed by atoms with Gasteiger partial charge in [-0.25, -0.2) is 0 Å². The van der Waals surface area contributed by atoms with Crippen molar-refractivity contribution in [2.24, 2.45) is 5.73 Å². The zero-order valence-corrected chi connectivity index (χ0v) is 5.54. The van der Waals surface area contributed by atoms with E-state index >= 15 is 0 Å². The largest absolute Gasteiger partial charge is 0.390 e. The first-order valence-corrected chi connectivity index (χ1v) is 3.23. The van der Waals surface area contributed by atoms with E-state index in [2.05, 4.69) is 0 Å². The van der Waals surface area contributed by atoms with Crippen LogP contribution in [0.15, 0.2) is 0 Å². The second-order valence-electron chi connectivity index (χ2n) is 2.81. The van der Waals surface area contributed by atoms with E-state index in [0.29, 0.717) is 6.42 Å². The molecule has 3 atom stereocenters. The first kappa shape index (κ1) is 6.99. The third kappa shape index (κ3) is 0.852. The molecule has 1 saturated carbocycles. The van der Waals surface area contributed by atoms with E-state index in [1.165, 1.54) is 0 Å². The molecule has 54 valence electrons. The molecule has 0 heterocycles. The van der Waals surface area contributed by atoms with Gasteiger partial charge in [0.1, 0.15) is 5.60 Å². The zero-order chi connectivity index (χ0) is 7.07.